The lowest BCUT2D eigenvalue weighted by atomic mass is 9.99. The van der Waals surface area contributed by atoms with Crippen LogP contribution in [0, 0.1) is 0 Å². The zero-order chi connectivity index (χ0) is 13.3. The molecule has 0 radical (unpaired) electrons. The monoisotopic (exact) mass is 251 g/mol. The molecule has 2 atom stereocenters. The summed E-state index contributed by atoms with van der Waals surface area (Å²) in [7, 11) is 1.13. The average Bonchev–Trinajstić information content (AvgIpc) is 2.77. The van der Waals surface area contributed by atoms with Gasteiger partial charge in [-0.15, -0.1) is 0 Å². The van der Waals surface area contributed by atoms with E-state index in [-0.39, 0.29) is 5.91 Å². The molecule has 1 aliphatic heterocycles. The van der Waals surface area contributed by atoms with Crippen LogP contribution in [-0.4, -0.2) is 35.3 Å². The van der Waals surface area contributed by atoms with Crippen LogP contribution in [0.25, 0.3) is 0 Å². The van der Waals surface area contributed by atoms with Crippen molar-refractivity contribution in [2.75, 3.05) is 7.11 Å². The summed E-state index contributed by atoms with van der Waals surface area (Å²) in [5, 5.41) is 22.0. The Balaban J connectivity index is 2.25. The van der Waals surface area contributed by atoms with Gasteiger partial charge in [-0.25, -0.2) is 4.79 Å². The van der Waals surface area contributed by atoms with Crippen LogP contribution >= 0.6 is 0 Å². The molecule has 1 aliphatic rings. The van der Waals surface area contributed by atoms with E-state index in [1.807, 2.05) is 0 Å². The lowest BCUT2D eigenvalue weighted by Crippen LogP contribution is -2.29. The first-order valence-corrected chi connectivity index (χ1v) is 5.39. The van der Waals surface area contributed by atoms with E-state index in [1.165, 1.54) is 6.07 Å². The van der Waals surface area contributed by atoms with E-state index in [9.17, 15) is 19.8 Å². The molecular formula is C12H13NO5. The molecule has 0 aliphatic carbocycles. The molecule has 6 heteroatoms. The molecule has 0 saturated carbocycles. The van der Waals surface area contributed by atoms with Crippen molar-refractivity contribution in [1.82, 2.24) is 5.32 Å². The molecule has 2 unspecified atom stereocenters. The van der Waals surface area contributed by atoms with Crippen LogP contribution in [0.5, 0.6) is 0 Å². The van der Waals surface area contributed by atoms with E-state index < -0.39 is 18.2 Å². The number of esters is 1. The third-order valence-electron chi connectivity index (χ3n) is 2.90. The topological polar surface area (TPSA) is 95.9 Å². The molecule has 0 aromatic heterocycles. The van der Waals surface area contributed by atoms with Gasteiger partial charge in [0, 0.05) is 12.1 Å². The zero-order valence-corrected chi connectivity index (χ0v) is 9.71. The first kappa shape index (κ1) is 12.5. The van der Waals surface area contributed by atoms with Gasteiger partial charge in [0.25, 0.3) is 5.91 Å². The molecule has 18 heavy (non-hydrogen) atoms. The quantitative estimate of drug-likeness (QED) is 0.629. The highest BCUT2D eigenvalue weighted by molar-refractivity contribution is 5.98. The highest BCUT2D eigenvalue weighted by Gasteiger charge is 2.28. The number of ether oxygens (including phenoxy) is 1. The average molecular weight is 251 g/mol. The molecule has 0 spiro atoms. The summed E-state index contributed by atoms with van der Waals surface area (Å²) in [6.07, 6.45) is -3.02. The summed E-state index contributed by atoms with van der Waals surface area (Å²) in [6.45, 7) is 0.378. The van der Waals surface area contributed by atoms with Gasteiger partial charge in [0.1, 0.15) is 6.10 Å². The highest BCUT2D eigenvalue weighted by atomic mass is 16.5. The van der Waals surface area contributed by atoms with Crippen LogP contribution in [0.3, 0.4) is 0 Å². The number of rotatable bonds is 3. The largest absolute Gasteiger partial charge is 0.467 e. The fraction of sp³-hybridized carbons (Fsp3) is 0.333. The number of benzene rings is 1. The lowest BCUT2D eigenvalue weighted by molar-refractivity contribution is -0.156. The molecule has 96 valence electrons. The first-order valence-electron chi connectivity index (χ1n) is 5.39. The predicted octanol–water partition coefficient (Wildman–Crippen LogP) is -0.503. The van der Waals surface area contributed by atoms with Gasteiger partial charge in [0.2, 0.25) is 0 Å². The van der Waals surface area contributed by atoms with Crippen LogP contribution < -0.4 is 5.32 Å². The minimum Gasteiger partial charge on any atom is -0.467 e. The van der Waals surface area contributed by atoms with Crippen LogP contribution in [-0.2, 0) is 16.1 Å². The third kappa shape index (κ3) is 2.07. The number of aliphatic hydroxyl groups is 2. The number of amides is 1. The van der Waals surface area contributed by atoms with Gasteiger partial charge in [0.05, 0.1) is 7.11 Å². The molecule has 6 nitrogen and oxygen atoms in total. The number of aliphatic hydroxyl groups excluding tert-OH is 2. The Morgan fingerprint density at radius 3 is 2.83 bits per heavy atom. The maximum atomic E-state index is 11.3. The zero-order valence-electron chi connectivity index (χ0n) is 9.71. The van der Waals surface area contributed by atoms with Crippen molar-refractivity contribution in [2.45, 2.75) is 18.8 Å². The molecule has 2 rings (SSSR count). The Labute approximate surface area is 103 Å². The van der Waals surface area contributed by atoms with Crippen LogP contribution in [0.1, 0.15) is 27.6 Å². The fourth-order valence-corrected chi connectivity index (χ4v) is 1.87. The molecule has 0 fully saturated rings. The van der Waals surface area contributed by atoms with Crippen molar-refractivity contribution < 1.29 is 24.5 Å². The van der Waals surface area contributed by atoms with Crippen molar-refractivity contribution in [3.05, 3.63) is 34.9 Å². The van der Waals surface area contributed by atoms with Gasteiger partial charge in [-0.1, -0.05) is 12.1 Å². The summed E-state index contributed by atoms with van der Waals surface area (Å²) in [6, 6.07) is 4.64. The second-order valence-corrected chi connectivity index (χ2v) is 4.01. The molecule has 1 heterocycles. The van der Waals surface area contributed by atoms with E-state index in [4.69, 9.17) is 0 Å². The second-order valence-electron chi connectivity index (χ2n) is 4.01. The molecule has 1 aromatic rings. The van der Waals surface area contributed by atoms with E-state index in [1.54, 1.807) is 12.1 Å². The number of nitrogens with one attached hydrogen (secondary N) is 1. The number of carbonyl (C=O) groups is 2. The summed E-state index contributed by atoms with van der Waals surface area (Å²) >= 11 is 0. The van der Waals surface area contributed by atoms with Crippen molar-refractivity contribution in [2.24, 2.45) is 0 Å². The van der Waals surface area contributed by atoms with Crippen LogP contribution in [0.4, 0.5) is 0 Å². The standard InChI is InChI=1S/C12H13NO5/c1-18-12(17)10(15)9(14)6-2-3-8-7(4-6)5-13-11(8)16/h2-4,9-10,14-15H,5H2,1H3,(H,13,16). The maximum Gasteiger partial charge on any atom is 0.337 e. The van der Waals surface area contributed by atoms with E-state index in [0.717, 1.165) is 12.7 Å². The van der Waals surface area contributed by atoms with E-state index >= 15 is 0 Å². The Hall–Kier alpha value is -1.92. The van der Waals surface area contributed by atoms with Crippen molar-refractivity contribution in [1.29, 1.82) is 0 Å². The van der Waals surface area contributed by atoms with Crippen molar-refractivity contribution >= 4 is 11.9 Å². The van der Waals surface area contributed by atoms with Crippen molar-refractivity contribution in [3.63, 3.8) is 0 Å². The maximum absolute atomic E-state index is 11.3. The normalized spacial score (nSPS) is 16.7. The Kier molecular flexibility index (Phi) is 3.31. The molecular weight excluding hydrogens is 238 g/mol. The summed E-state index contributed by atoms with van der Waals surface area (Å²) in [5.74, 6) is -1.07. The van der Waals surface area contributed by atoms with Gasteiger partial charge >= 0.3 is 5.97 Å². The van der Waals surface area contributed by atoms with E-state index in [0.29, 0.717) is 17.7 Å². The molecule has 1 aromatic carbocycles. The summed E-state index contributed by atoms with van der Waals surface area (Å²) in [5.41, 5.74) is 1.63. The minimum absolute atomic E-state index is 0.167. The first-order chi connectivity index (χ1) is 8.54. The van der Waals surface area contributed by atoms with Gasteiger partial charge in [-0.2, -0.15) is 0 Å². The Morgan fingerprint density at radius 2 is 2.17 bits per heavy atom. The highest BCUT2D eigenvalue weighted by Crippen LogP contribution is 2.23. The van der Waals surface area contributed by atoms with Crippen molar-refractivity contribution in [3.8, 4) is 0 Å². The lowest BCUT2D eigenvalue weighted by Gasteiger charge is -2.16. The molecule has 3 N–H and O–H groups in total. The van der Waals surface area contributed by atoms with Gasteiger partial charge in [-0.05, 0) is 17.2 Å². The Bertz CT molecular complexity index is 499. The molecule has 1 amide bonds. The number of hydrogen-bond acceptors (Lipinski definition) is 5. The number of carbonyl (C=O) groups excluding carboxylic acids is 2. The van der Waals surface area contributed by atoms with Crippen LogP contribution in [0.15, 0.2) is 18.2 Å². The van der Waals surface area contributed by atoms with Crippen LogP contribution in [0.2, 0.25) is 0 Å². The predicted molar refractivity (Wildman–Crippen MR) is 60.6 cm³/mol. The van der Waals surface area contributed by atoms with Gasteiger partial charge in [0.15, 0.2) is 6.10 Å². The fourth-order valence-electron chi connectivity index (χ4n) is 1.87. The number of hydrogen-bond donors (Lipinski definition) is 3. The van der Waals surface area contributed by atoms with Gasteiger partial charge < -0.3 is 20.3 Å². The van der Waals surface area contributed by atoms with E-state index in [2.05, 4.69) is 10.1 Å². The Morgan fingerprint density at radius 1 is 1.44 bits per heavy atom. The van der Waals surface area contributed by atoms with Gasteiger partial charge in [-0.3, -0.25) is 4.79 Å². The summed E-state index contributed by atoms with van der Waals surface area (Å²) in [4.78, 5) is 22.5. The second kappa shape index (κ2) is 4.75. The minimum atomic E-state index is -1.64. The molecule has 0 bridgehead atoms. The molecule has 0 saturated heterocycles. The number of fused-ring (bicyclic) bond motifs is 1. The number of methoxy groups -OCH3 is 1. The third-order valence-corrected chi connectivity index (χ3v) is 2.90. The summed E-state index contributed by atoms with van der Waals surface area (Å²) < 4.78 is 4.35. The smallest absolute Gasteiger partial charge is 0.337 e. The SMILES string of the molecule is COC(=O)C(O)C(O)c1ccc2c(c1)CNC2=O.